The minimum atomic E-state index is -0.435. The highest BCUT2D eigenvalue weighted by atomic mass is 16.3. The molecule has 2 unspecified atom stereocenters. The third-order valence-electron chi connectivity index (χ3n) is 2.38. The summed E-state index contributed by atoms with van der Waals surface area (Å²) in [7, 11) is 0. The Labute approximate surface area is 85.8 Å². The van der Waals surface area contributed by atoms with E-state index in [0.29, 0.717) is 6.42 Å². The molecule has 78 valence electrons. The van der Waals surface area contributed by atoms with Crippen molar-refractivity contribution >= 4 is 0 Å². The first-order valence-corrected chi connectivity index (χ1v) is 5.01. The van der Waals surface area contributed by atoms with Crippen LogP contribution in [0.5, 0.6) is 0 Å². The fourth-order valence-electron chi connectivity index (χ4n) is 1.68. The molecular formula is C12H19NO. The van der Waals surface area contributed by atoms with Gasteiger partial charge in [-0.25, -0.2) is 0 Å². The molecule has 2 nitrogen and oxygen atoms in total. The van der Waals surface area contributed by atoms with Crippen molar-refractivity contribution in [3.05, 3.63) is 34.9 Å². The van der Waals surface area contributed by atoms with E-state index in [1.807, 2.05) is 26.0 Å². The van der Waals surface area contributed by atoms with E-state index in [0.717, 1.165) is 11.1 Å². The van der Waals surface area contributed by atoms with E-state index in [9.17, 15) is 5.11 Å². The van der Waals surface area contributed by atoms with Gasteiger partial charge in [-0.15, -0.1) is 0 Å². The summed E-state index contributed by atoms with van der Waals surface area (Å²) in [6, 6.07) is 6.12. The molecule has 3 N–H and O–H groups in total. The highest BCUT2D eigenvalue weighted by molar-refractivity contribution is 5.31. The molecule has 0 aliphatic heterocycles. The van der Waals surface area contributed by atoms with Crippen molar-refractivity contribution in [3.63, 3.8) is 0 Å². The highest BCUT2D eigenvalue weighted by Gasteiger charge is 2.11. The van der Waals surface area contributed by atoms with E-state index >= 15 is 0 Å². The van der Waals surface area contributed by atoms with Gasteiger partial charge in [-0.1, -0.05) is 23.8 Å². The first-order valence-electron chi connectivity index (χ1n) is 5.01. The Balaban J connectivity index is 2.84. The average molecular weight is 193 g/mol. The second-order valence-electron chi connectivity index (χ2n) is 4.09. The molecule has 0 spiro atoms. The summed E-state index contributed by atoms with van der Waals surface area (Å²) in [4.78, 5) is 0. The van der Waals surface area contributed by atoms with Crippen LogP contribution >= 0.6 is 0 Å². The molecule has 0 aromatic heterocycles. The topological polar surface area (TPSA) is 46.2 Å². The maximum atomic E-state index is 9.88. The second-order valence-corrected chi connectivity index (χ2v) is 4.09. The van der Waals surface area contributed by atoms with Gasteiger partial charge in [0.2, 0.25) is 0 Å². The predicted octanol–water partition coefficient (Wildman–Crippen LogP) is 2.07. The van der Waals surface area contributed by atoms with Crippen LogP contribution in [0.2, 0.25) is 0 Å². The van der Waals surface area contributed by atoms with Gasteiger partial charge in [-0.3, -0.25) is 0 Å². The average Bonchev–Trinajstić information content (AvgIpc) is 2.01. The fourth-order valence-corrected chi connectivity index (χ4v) is 1.68. The van der Waals surface area contributed by atoms with Crippen molar-refractivity contribution in [1.82, 2.24) is 0 Å². The number of aliphatic hydroxyl groups excluding tert-OH is 1. The summed E-state index contributed by atoms with van der Waals surface area (Å²) in [5, 5.41) is 9.88. The summed E-state index contributed by atoms with van der Waals surface area (Å²) in [5.41, 5.74) is 9.00. The number of nitrogens with two attached hydrogens (primary N) is 1. The van der Waals surface area contributed by atoms with Gasteiger partial charge in [-0.2, -0.15) is 0 Å². The predicted molar refractivity (Wildman–Crippen MR) is 59.1 cm³/mol. The van der Waals surface area contributed by atoms with Gasteiger partial charge in [0, 0.05) is 6.04 Å². The van der Waals surface area contributed by atoms with E-state index < -0.39 is 6.10 Å². The molecule has 1 rings (SSSR count). The van der Waals surface area contributed by atoms with E-state index in [2.05, 4.69) is 13.0 Å². The van der Waals surface area contributed by atoms with Gasteiger partial charge < -0.3 is 10.8 Å². The lowest BCUT2D eigenvalue weighted by Crippen LogP contribution is -2.18. The van der Waals surface area contributed by atoms with Crippen LogP contribution in [0, 0.1) is 13.8 Å². The summed E-state index contributed by atoms with van der Waals surface area (Å²) < 4.78 is 0. The Morgan fingerprint density at radius 1 is 1.36 bits per heavy atom. The minimum Gasteiger partial charge on any atom is -0.388 e. The smallest absolute Gasteiger partial charge is 0.0807 e. The normalized spacial score (nSPS) is 15.2. The Kier molecular flexibility index (Phi) is 3.67. The molecule has 2 heteroatoms. The molecule has 0 saturated carbocycles. The maximum Gasteiger partial charge on any atom is 0.0807 e. The van der Waals surface area contributed by atoms with Crippen LogP contribution in [0.3, 0.4) is 0 Å². The number of aliphatic hydroxyl groups is 1. The molecular weight excluding hydrogens is 174 g/mol. The van der Waals surface area contributed by atoms with Crippen molar-refractivity contribution in [2.24, 2.45) is 5.73 Å². The summed E-state index contributed by atoms with van der Waals surface area (Å²) in [6.45, 7) is 5.98. The molecule has 0 fully saturated rings. The Hall–Kier alpha value is -0.860. The number of benzene rings is 1. The largest absolute Gasteiger partial charge is 0.388 e. The number of hydrogen-bond acceptors (Lipinski definition) is 2. The fraction of sp³-hybridized carbons (Fsp3) is 0.500. The Morgan fingerprint density at radius 2 is 2.00 bits per heavy atom. The molecule has 0 heterocycles. The van der Waals surface area contributed by atoms with E-state index in [4.69, 9.17) is 5.73 Å². The summed E-state index contributed by atoms with van der Waals surface area (Å²) in [5.74, 6) is 0. The van der Waals surface area contributed by atoms with Gasteiger partial charge in [0.15, 0.2) is 0 Å². The van der Waals surface area contributed by atoms with Crippen molar-refractivity contribution in [2.75, 3.05) is 0 Å². The highest BCUT2D eigenvalue weighted by Crippen LogP contribution is 2.22. The monoisotopic (exact) mass is 193 g/mol. The van der Waals surface area contributed by atoms with E-state index in [1.54, 1.807) is 0 Å². The van der Waals surface area contributed by atoms with Crippen LogP contribution < -0.4 is 5.73 Å². The number of rotatable bonds is 3. The quantitative estimate of drug-likeness (QED) is 0.772. The van der Waals surface area contributed by atoms with Crippen LogP contribution in [-0.4, -0.2) is 11.1 Å². The number of hydrogen-bond donors (Lipinski definition) is 2. The zero-order valence-corrected chi connectivity index (χ0v) is 9.12. The Bertz CT molecular complexity index is 307. The van der Waals surface area contributed by atoms with E-state index in [1.165, 1.54) is 5.56 Å². The SMILES string of the molecule is Cc1ccc(C(O)CC(C)N)c(C)c1. The first-order chi connectivity index (χ1) is 6.50. The molecule has 1 aromatic rings. The minimum absolute atomic E-state index is 0.0331. The van der Waals surface area contributed by atoms with E-state index in [-0.39, 0.29) is 6.04 Å². The van der Waals surface area contributed by atoms with Gasteiger partial charge in [0.25, 0.3) is 0 Å². The van der Waals surface area contributed by atoms with Crippen molar-refractivity contribution in [1.29, 1.82) is 0 Å². The van der Waals surface area contributed by atoms with Crippen LogP contribution in [0.4, 0.5) is 0 Å². The molecule has 0 saturated heterocycles. The summed E-state index contributed by atoms with van der Waals surface area (Å²) in [6.07, 6.45) is 0.180. The van der Waals surface area contributed by atoms with Gasteiger partial charge in [0.05, 0.1) is 6.10 Å². The molecule has 0 aliphatic rings. The third kappa shape index (κ3) is 2.82. The number of aryl methyl sites for hydroxylation is 2. The first kappa shape index (κ1) is 11.2. The zero-order valence-electron chi connectivity index (χ0n) is 9.12. The molecule has 0 radical (unpaired) electrons. The molecule has 0 bridgehead atoms. The van der Waals surface area contributed by atoms with Gasteiger partial charge >= 0.3 is 0 Å². The molecule has 2 atom stereocenters. The molecule has 14 heavy (non-hydrogen) atoms. The standard InChI is InChI=1S/C12H19NO/c1-8-4-5-11(9(2)6-8)12(14)7-10(3)13/h4-6,10,12,14H,7,13H2,1-3H3. The van der Waals surface area contributed by atoms with Gasteiger partial charge in [0.1, 0.15) is 0 Å². The van der Waals surface area contributed by atoms with Crippen molar-refractivity contribution < 1.29 is 5.11 Å². The third-order valence-corrected chi connectivity index (χ3v) is 2.38. The lowest BCUT2D eigenvalue weighted by Gasteiger charge is -2.16. The lowest BCUT2D eigenvalue weighted by molar-refractivity contribution is 0.159. The van der Waals surface area contributed by atoms with Crippen LogP contribution in [-0.2, 0) is 0 Å². The molecule has 0 aliphatic carbocycles. The zero-order chi connectivity index (χ0) is 10.7. The van der Waals surface area contributed by atoms with Crippen LogP contribution in [0.15, 0.2) is 18.2 Å². The second kappa shape index (κ2) is 4.58. The van der Waals surface area contributed by atoms with Crippen LogP contribution in [0.25, 0.3) is 0 Å². The Morgan fingerprint density at radius 3 is 2.50 bits per heavy atom. The van der Waals surface area contributed by atoms with Crippen molar-refractivity contribution in [2.45, 2.75) is 39.3 Å². The molecule has 1 aromatic carbocycles. The van der Waals surface area contributed by atoms with Crippen molar-refractivity contribution in [3.8, 4) is 0 Å². The maximum absolute atomic E-state index is 9.88. The molecule has 0 amide bonds. The summed E-state index contributed by atoms with van der Waals surface area (Å²) >= 11 is 0. The van der Waals surface area contributed by atoms with Crippen LogP contribution in [0.1, 0.15) is 36.1 Å². The van der Waals surface area contributed by atoms with Gasteiger partial charge in [-0.05, 0) is 38.3 Å². The lowest BCUT2D eigenvalue weighted by atomic mass is 9.97.